The Morgan fingerprint density at radius 3 is 2.30 bits per heavy atom. The predicted octanol–water partition coefficient (Wildman–Crippen LogP) is 2.71. The number of methoxy groups -OCH3 is 1. The molecule has 0 spiro atoms. The van der Waals surface area contributed by atoms with Gasteiger partial charge in [-0.25, -0.2) is 0 Å². The van der Waals surface area contributed by atoms with E-state index in [-0.39, 0.29) is 17.7 Å². The number of fused-ring (bicyclic) bond motifs is 1. The van der Waals surface area contributed by atoms with Gasteiger partial charge in [-0.2, -0.15) is 0 Å². The van der Waals surface area contributed by atoms with E-state index >= 15 is 0 Å². The van der Waals surface area contributed by atoms with Crippen molar-refractivity contribution >= 4 is 11.8 Å². The first-order valence-electron chi connectivity index (χ1n) is 9.47. The summed E-state index contributed by atoms with van der Waals surface area (Å²) in [5.41, 5.74) is 3.13. The molecular formula is C22H24N2O3. The van der Waals surface area contributed by atoms with Gasteiger partial charge >= 0.3 is 0 Å². The van der Waals surface area contributed by atoms with E-state index in [1.807, 2.05) is 21.9 Å². The van der Waals surface area contributed by atoms with Crippen molar-refractivity contribution in [3.05, 3.63) is 65.2 Å². The van der Waals surface area contributed by atoms with Gasteiger partial charge < -0.3 is 14.5 Å². The molecule has 2 aromatic carbocycles. The lowest BCUT2D eigenvalue weighted by molar-refractivity contribution is -0.134. The number of hydrogen-bond acceptors (Lipinski definition) is 3. The summed E-state index contributed by atoms with van der Waals surface area (Å²) >= 11 is 0. The topological polar surface area (TPSA) is 49.9 Å². The van der Waals surface area contributed by atoms with Crippen molar-refractivity contribution in [1.82, 2.24) is 9.80 Å². The molecule has 0 bridgehead atoms. The van der Waals surface area contributed by atoms with Gasteiger partial charge in [0, 0.05) is 31.7 Å². The van der Waals surface area contributed by atoms with Crippen molar-refractivity contribution in [3.8, 4) is 5.75 Å². The highest BCUT2D eigenvalue weighted by atomic mass is 16.5. The number of carbonyl (C=O) groups excluding carboxylic acids is 2. The summed E-state index contributed by atoms with van der Waals surface area (Å²) in [6.07, 6.45) is 1.87. The first-order chi connectivity index (χ1) is 13.2. The number of nitrogens with zero attached hydrogens (tertiary/aromatic N) is 2. The average molecular weight is 364 g/mol. The minimum Gasteiger partial charge on any atom is -0.497 e. The first-order valence-corrected chi connectivity index (χ1v) is 9.47. The van der Waals surface area contributed by atoms with E-state index in [1.54, 1.807) is 31.4 Å². The third-order valence-electron chi connectivity index (χ3n) is 5.65. The molecule has 2 amide bonds. The average Bonchev–Trinajstić information content (AvgIpc) is 3.17. The van der Waals surface area contributed by atoms with E-state index < -0.39 is 0 Å². The zero-order valence-electron chi connectivity index (χ0n) is 15.6. The molecule has 0 saturated carbocycles. The van der Waals surface area contributed by atoms with Crippen molar-refractivity contribution in [1.29, 1.82) is 0 Å². The zero-order valence-corrected chi connectivity index (χ0v) is 15.6. The van der Waals surface area contributed by atoms with Crippen molar-refractivity contribution in [2.24, 2.45) is 0 Å². The maximum Gasteiger partial charge on any atom is 0.253 e. The van der Waals surface area contributed by atoms with Gasteiger partial charge in [-0.3, -0.25) is 9.59 Å². The maximum absolute atomic E-state index is 13.0. The Hall–Kier alpha value is -2.82. The molecule has 1 heterocycles. The van der Waals surface area contributed by atoms with Crippen LogP contribution < -0.4 is 4.74 Å². The lowest BCUT2D eigenvalue weighted by Crippen LogP contribution is -2.51. The second-order valence-electron chi connectivity index (χ2n) is 7.14. The Bertz CT molecular complexity index is 839. The van der Waals surface area contributed by atoms with Gasteiger partial charge in [0.15, 0.2) is 0 Å². The van der Waals surface area contributed by atoms with Crippen LogP contribution in [0, 0.1) is 0 Å². The van der Waals surface area contributed by atoms with E-state index in [2.05, 4.69) is 12.1 Å². The molecule has 1 saturated heterocycles. The van der Waals surface area contributed by atoms with Gasteiger partial charge in [0.2, 0.25) is 5.91 Å². The lowest BCUT2D eigenvalue weighted by Gasteiger charge is -2.36. The Kier molecular flexibility index (Phi) is 4.84. The van der Waals surface area contributed by atoms with E-state index in [9.17, 15) is 9.59 Å². The van der Waals surface area contributed by atoms with Gasteiger partial charge in [-0.1, -0.05) is 24.3 Å². The second-order valence-corrected chi connectivity index (χ2v) is 7.14. The fourth-order valence-corrected chi connectivity index (χ4v) is 4.08. The molecule has 1 fully saturated rings. The van der Waals surface area contributed by atoms with Gasteiger partial charge in [0.25, 0.3) is 5.91 Å². The Balaban J connectivity index is 1.37. The van der Waals surface area contributed by atoms with Gasteiger partial charge in [0.05, 0.1) is 13.0 Å². The molecular weight excluding hydrogens is 340 g/mol. The highest BCUT2D eigenvalue weighted by Crippen LogP contribution is 2.34. The molecule has 0 aromatic heterocycles. The Morgan fingerprint density at radius 1 is 0.926 bits per heavy atom. The summed E-state index contributed by atoms with van der Waals surface area (Å²) in [5, 5.41) is 0. The summed E-state index contributed by atoms with van der Waals surface area (Å²) in [4.78, 5) is 29.4. The number of benzene rings is 2. The van der Waals surface area contributed by atoms with Gasteiger partial charge in [0.1, 0.15) is 5.75 Å². The third-order valence-corrected chi connectivity index (χ3v) is 5.65. The second kappa shape index (κ2) is 7.43. The maximum atomic E-state index is 13.0. The lowest BCUT2D eigenvalue weighted by atomic mass is 9.99. The van der Waals surface area contributed by atoms with E-state index in [4.69, 9.17) is 4.74 Å². The highest BCUT2D eigenvalue weighted by Gasteiger charge is 2.33. The molecule has 5 heteroatoms. The Morgan fingerprint density at radius 2 is 1.59 bits per heavy atom. The molecule has 1 aliphatic carbocycles. The third kappa shape index (κ3) is 3.42. The molecule has 5 nitrogen and oxygen atoms in total. The van der Waals surface area contributed by atoms with Crippen LogP contribution >= 0.6 is 0 Å². The fraction of sp³-hybridized carbons (Fsp3) is 0.364. The van der Waals surface area contributed by atoms with Crippen LogP contribution in [0.3, 0.4) is 0 Å². The van der Waals surface area contributed by atoms with Crippen molar-refractivity contribution in [2.75, 3.05) is 33.3 Å². The van der Waals surface area contributed by atoms with Crippen molar-refractivity contribution in [2.45, 2.75) is 18.8 Å². The summed E-state index contributed by atoms with van der Waals surface area (Å²) in [7, 11) is 1.61. The number of piperazine rings is 1. The Labute approximate surface area is 159 Å². The molecule has 27 heavy (non-hydrogen) atoms. The number of amides is 2. The molecule has 4 rings (SSSR count). The van der Waals surface area contributed by atoms with Gasteiger partial charge in [-0.05, 0) is 48.2 Å². The van der Waals surface area contributed by atoms with Crippen LogP contribution in [0.15, 0.2) is 48.5 Å². The van der Waals surface area contributed by atoms with E-state index in [0.29, 0.717) is 31.7 Å². The SMILES string of the molecule is COc1ccc(C(=O)N2CCN(C(=O)[C@@H]3CCc4ccccc43)CC2)cc1. The number of rotatable bonds is 3. The molecule has 1 aliphatic heterocycles. The normalized spacial score (nSPS) is 18.9. The van der Waals surface area contributed by atoms with E-state index in [0.717, 1.165) is 18.6 Å². The zero-order chi connectivity index (χ0) is 18.8. The predicted molar refractivity (Wildman–Crippen MR) is 103 cm³/mol. The molecule has 140 valence electrons. The van der Waals surface area contributed by atoms with E-state index in [1.165, 1.54) is 11.1 Å². The van der Waals surface area contributed by atoms with Crippen LogP contribution in [0.1, 0.15) is 33.8 Å². The number of carbonyl (C=O) groups is 2. The summed E-state index contributed by atoms with van der Waals surface area (Å²) in [6.45, 7) is 2.34. The van der Waals surface area contributed by atoms with Crippen LogP contribution in [0.2, 0.25) is 0 Å². The van der Waals surface area contributed by atoms with Crippen LogP contribution in [-0.4, -0.2) is 54.9 Å². The molecule has 0 radical (unpaired) electrons. The first kappa shape index (κ1) is 17.6. The minimum absolute atomic E-state index is 0.0102. The smallest absolute Gasteiger partial charge is 0.253 e. The number of ether oxygens (including phenoxy) is 1. The van der Waals surface area contributed by atoms with Crippen LogP contribution in [-0.2, 0) is 11.2 Å². The molecule has 2 aliphatic rings. The molecule has 1 atom stereocenters. The summed E-state index contributed by atoms with van der Waals surface area (Å²) in [5.74, 6) is 0.927. The summed E-state index contributed by atoms with van der Waals surface area (Å²) in [6, 6.07) is 15.4. The van der Waals surface area contributed by atoms with Gasteiger partial charge in [-0.15, -0.1) is 0 Å². The number of hydrogen-bond donors (Lipinski definition) is 0. The monoisotopic (exact) mass is 364 g/mol. The standard InChI is InChI=1S/C22H24N2O3/c1-27-18-9-6-17(7-10-18)21(25)23-12-14-24(15-13-23)22(26)20-11-8-16-4-2-3-5-19(16)20/h2-7,9-10,20H,8,11-15H2,1H3/t20-/m1/s1. The highest BCUT2D eigenvalue weighted by molar-refractivity contribution is 5.94. The van der Waals surface area contributed by atoms with Crippen LogP contribution in [0.4, 0.5) is 0 Å². The minimum atomic E-state index is -0.0231. The van der Waals surface area contributed by atoms with Crippen LogP contribution in [0.25, 0.3) is 0 Å². The van der Waals surface area contributed by atoms with Crippen molar-refractivity contribution in [3.63, 3.8) is 0 Å². The van der Waals surface area contributed by atoms with Crippen molar-refractivity contribution < 1.29 is 14.3 Å². The summed E-state index contributed by atoms with van der Waals surface area (Å²) < 4.78 is 5.14. The number of aryl methyl sites for hydroxylation is 1. The van der Waals surface area contributed by atoms with Crippen LogP contribution in [0.5, 0.6) is 5.75 Å². The largest absolute Gasteiger partial charge is 0.497 e. The molecule has 0 unspecified atom stereocenters. The fourth-order valence-electron chi connectivity index (χ4n) is 4.08. The molecule has 0 N–H and O–H groups in total. The quantitative estimate of drug-likeness (QED) is 0.841. The molecule has 2 aromatic rings.